The molecule has 1 heterocycles. The molecule has 0 saturated carbocycles. The van der Waals surface area contributed by atoms with Gasteiger partial charge in [0.2, 0.25) is 0 Å². The van der Waals surface area contributed by atoms with Crippen LogP contribution in [0.25, 0.3) is 0 Å². The molecule has 0 radical (unpaired) electrons. The van der Waals surface area contributed by atoms with Gasteiger partial charge in [-0.15, -0.1) is 0 Å². The lowest BCUT2D eigenvalue weighted by molar-refractivity contribution is -0.0208. The number of carbonyl (C=O) groups is 1. The monoisotopic (exact) mass is 354 g/mol. The van der Waals surface area contributed by atoms with Crippen molar-refractivity contribution in [2.24, 2.45) is 0 Å². The highest BCUT2D eigenvalue weighted by atomic mass is 16.5. The lowest BCUT2D eigenvalue weighted by Gasteiger charge is -2.34. The minimum Gasteiger partial charge on any atom is -0.497 e. The number of carbonyl (C=O) groups excluding carboxylic acids is 1. The lowest BCUT2D eigenvalue weighted by atomic mass is 10.1. The molecule has 0 aromatic heterocycles. The fraction of sp³-hybridized carbons (Fsp3) is 0.381. The molecule has 5 heteroatoms. The third-order valence-corrected chi connectivity index (χ3v) is 4.64. The van der Waals surface area contributed by atoms with Crippen LogP contribution in [0, 0.1) is 0 Å². The van der Waals surface area contributed by atoms with Crippen molar-refractivity contribution in [3.63, 3.8) is 0 Å². The number of morpholine rings is 1. The molecule has 0 aliphatic carbocycles. The van der Waals surface area contributed by atoms with Gasteiger partial charge in [0.15, 0.2) is 0 Å². The van der Waals surface area contributed by atoms with Gasteiger partial charge in [-0.05, 0) is 29.8 Å². The molecule has 2 aromatic rings. The Kier molecular flexibility index (Phi) is 5.78. The number of hydrogen-bond acceptors (Lipinski definition) is 4. The van der Waals surface area contributed by atoms with Gasteiger partial charge >= 0.3 is 0 Å². The maximum absolute atomic E-state index is 13.0. The topological polar surface area (TPSA) is 42.0 Å². The van der Waals surface area contributed by atoms with Crippen LogP contribution in [0.15, 0.2) is 48.5 Å². The van der Waals surface area contributed by atoms with Crippen molar-refractivity contribution in [1.29, 1.82) is 0 Å². The van der Waals surface area contributed by atoms with Gasteiger partial charge in [-0.3, -0.25) is 4.79 Å². The third-order valence-electron chi connectivity index (χ3n) is 4.64. The van der Waals surface area contributed by atoms with E-state index in [2.05, 4.69) is 6.07 Å². The summed E-state index contributed by atoms with van der Waals surface area (Å²) in [6.07, 6.45) is 0.752. The van der Waals surface area contributed by atoms with Crippen LogP contribution in [-0.2, 0) is 11.2 Å². The Bertz CT molecular complexity index is 760. The van der Waals surface area contributed by atoms with E-state index in [0.717, 1.165) is 29.0 Å². The van der Waals surface area contributed by atoms with Crippen LogP contribution in [-0.4, -0.2) is 57.8 Å². The van der Waals surface area contributed by atoms with E-state index in [1.807, 2.05) is 66.4 Å². The fourth-order valence-electron chi connectivity index (χ4n) is 3.30. The van der Waals surface area contributed by atoms with E-state index in [1.54, 1.807) is 7.11 Å². The molecule has 5 nitrogen and oxygen atoms in total. The summed E-state index contributed by atoms with van der Waals surface area (Å²) in [5.74, 6) is 0.902. The number of benzene rings is 2. The number of anilines is 1. The van der Waals surface area contributed by atoms with Crippen molar-refractivity contribution in [3.05, 3.63) is 59.7 Å². The lowest BCUT2D eigenvalue weighted by Crippen LogP contribution is -2.46. The van der Waals surface area contributed by atoms with E-state index in [1.165, 1.54) is 0 Å². The van der Waals surface area contributed by atoms with Gasteiger partial charge in [0.25, 0.3) is 5.91 Å². The first-order valence-corrected chi connectivity index (χ1v) is 8.88. The second-order valence-corrected chi connectivity index (χ2v) is 6.71. The smallest absolute Gasteiger partial charge is 0.256 e. The number of para-hydroxylation sites is 1. The van der Waals surface area contributed by atoms with Gasteiger partial charge < -0.3 is 19.3 Å². The molecule has 1 saturated heterocycles. The molecule has 1 amide bonds. The number of methoxy groups -OCH3 is 1. The first-order chi connectivity index (χ1) is 12.6. The zero-order valence-electron chi connectivity index (χ0n) is 15.6. The van der Waals surface area contributed by atoms with E-state index in [4.69, 9.17) is 9.47 Å². The molecule has 1 atom stereocenters. The Balaban J connectivity index is 1.71. The Morgan fingerprint density at radius 3 is 2.81 bits per heavy atom. The van der Waals surface area contributed by atoms with E-state index in [9.17, 15) is 4.79 Å². The van der Waals surface area contributed by atoms with Crippen molar-refractivity contribution in [1.82, 2.24) is 4.90 Å². The van der Waals surface area contributed by atoms with Crippen molar-refractivity contribution in [3.8, 4) is 5.75 Å². The second-order valence-electron chi connectivity index (χ2n) is 6.71. The molecule has 1 aliphatic heterocycles. The van der Waals surface area contributed by atoms with Crippen LogP contribution in [0.2, 0.25) is 0 Å². The average Bonchev–Trinajstić information content (AvgIpc) is 2.67. The molecule has 2 aromatic carbocycles. The SMILES string of the molecule is COc1cccc(CC2CN(C(=O)c3ccccc3N(C)C)CCO2)c1. The van der Waals surface area contributed by atoms with Gasteiger partial charge in [0, 0.05) is 39.3 Å². The molecule has 1 aliphatic rings. The zero-order valence-corrected chi connectivity index (χ0v) is 15.6. The summed E-state index contributed by atoms with van der Waals surface area (Å²) in [6, 6.07) is 15.7. The van der Waals surface area contributed by atoms with Gasteiger partial charge in [0.05, 0.1) is 25.4 Å². The van der Waals surface area contributed by atoms with Crippen LogP contribution < -0.4 is 9.64 Å². The molecule has 3 rings (SSSR count). The van der Waals surface area contributed by atoms with Crippen LogP contribution in [0.5, 0.6) is 5.75 Å². The van der Waals surface area contributed by atoms with Gasteiger partial charge in [-0.2, -0.15) is 0 Å². The van der Waals surface area contributed by atoms with Crippen molar-refractivity contribution in [2.45, 2.75) is 12.5 Å². The molecule has 0 spiro atoms. The first kappa shape index (κ1) is 18.3. The maximum atomic E-state index is 13.0. The molecular formula is C21H26N2O3. The second kappa shape index (κ2) is 8.23. The molecule has 0 bridgehead atoms. The minimum absolute atomic E-state index is 0.00803. The predicted octanol–water partition coefficient (Wildman–Crippen LogP) is 2.84. The minimum atomic E-state index is -0.00803. The number of amides is 1. The van der Waals surface area contributed by atoms with E-state index in [-0.39, 0.29) is 12.0 Å². The van der Waals surface area contributed by atoms with E-state index in [0.29, 0.717) is 19.7 Å². The summed E-state index contributed by atoms with van der Waals surface area (Å²) in [6.45, 7) is 1.78. The maximum Gasteiger partial charge on any atom is 0.256 e. The largest absolute Gasteiger partial charge is 0.497 e. The molecule has 26 heavy (non-hydrogen) atoms. The van der Waals surface area contributed by atoms with Crippen molar-refractivity contribution in [2.75, 3.05) is 45.8 Å². The standard InChI is InChI=1S/C21H26N2O3/c1-22(2)20-10-5-4-9-19(20)21(24)23-11-12-26-18(15-23)14-16-7-6-8-17(13-16)25-3/h4-10,13,18H,11-12,14-15H2,1-3H3. The van der Waals surface area contributed by atoms with Gasteiger partial charge in [-0.25, -0.2) is 0 Å². The molecule has 1 unspecified atom stereocenters. The third kappa shape index (κ3) is 4.17. The van der Waals surface area contributed by atoms with Crippen LogP contribution in [0.1, 0.15) is 15.9 Å². The molecule has 138 valence electrons. The normalized spacial score (nSPS) is 17.0. The number of hydrogen-bond donors (Lipinski definition) is 0. The Hall–Kier alpha value is -2.53. The number of rotatable bonds is 5. The first-order valence-electron chi connectivity index (χ1n) is 8.88. The highest BCUT2D eigenvalue weighted by molar-refractivity contribution is 5.99. The average molecular weight is 354 g/mol. The van der Waals surface area contributed by atoms with E-state index < -0.39 is 0 Å². The summed E-state index contributed by atoms with van der Waals surface area (Å²) in [5.41, 5.74) is 2.82. The van der Waals surface area contributed by atoms with Gasteiger partial charge in [0.1, 0.15) is 5.75 Å². The number of nitrogens with zero attached hydrogens (tertiary/aromatic N) is 2. The summed E-state index contributed by atoms with van der Waals surface area (Å²) in [7, 11) is 5.58. The van der Waals surface area contributed by atoms with Gasteiger partial charge in [-0.1, -0.05) is 24.3 Å². The van der Waals surface area contributed by atoms with Crippen molar-refractivity contribution >= 4 is 11.6 Å². The van der Waals surface area contributed by atoms with Crippen LogP contribution in [0.3, 0.4) is 0 Å². The Morgan fingerprint density at radius 2 is 2.04 bits per heavy atom. The molecular weight excluding hydrogens is 328 g/mol. The summed E-state index contributed by atoms with van der Waals surface area (Å²) < 4.78 is 11.2. The summed E-state index contributed by atoms with van der Waals surface area (Å²) >= 11 is 0. The summed E-state index contributed by atoms with van der Waals surface area (Å²) in [5, 5.41) is 0. The number of ether oxygens (including phenoxy) is 2. The quantitative estimate of drug-likeness (QED) is 0.828. The van der Waals surface area contributed by atoms with Crippen molar-refractivity contribution < 1.29 is 14.3 Å². The highest BCUT2D eigenvalue weighted by Crippen LogP contribution is 2.22. The zero-order chi connectivity index (χ0) is 18.5. The Labute approximate surface area is 155 Å². The molecule has 1 fully saturated rings. The predicted molar refractivity (Wildman–Crippen MR) is 103 cm³/mol. The van der Waals surface area contributed by atoms with Crippen LogP contribution in [0.4, 0.5) is 5.69 Å². The van der Waals surface area contributed by atoms with Crippen LogP contribution >= 0.6 is 0 Å². The Morgan fingerprint density at radius 1 is 1.23 bits per heavy atom. The fourth-order valence-corrected chi connectivity index (χ4v) is 3.30. The van der Waals surface area contributed by atoms with E-state index >= 15 is 0 Å². The molecule has 0 N–H and O–H groups in total. The highest BCUT2D eigenvalue weighted by Gasteiger charge is 2.26. The summed E-state index contributed by atoms with van der Waals surface area (Å²) in [4.78, 5) is 16.9.